The van der Waals surface area contributed by atoms with Gasteiger partial charge in [-0.1, -0.05) is 0 Å². The zero-order chi connectivity index (χ0) is 23.0. The fourth-order valence-electron chi connectivity index (χ4n) is 4.10. The Labute approximate surface area is 183 Å². The van der Waals surface area contributed by atoms with Crippen LogP contribution in [0.25, 0.3) is 11.0 Å². The Balaban J connectivity index is 1.39. The topological polar surface area (TPSA) is 82.6 Å². The highest BCUT2D eigenvalue weighted by Crippen LogP contribution is 2.29. The molecule has 1 atom stereocenters. The first kappa shape index (κ1) is 21.7. The van der Waals surface area contributed by atoms with Crippen LogP contribution in [0.3, 0.4) is 0 Å². The number of hydrogen-bond donors (Lipinski definition) is 2. The van der Waals surface area contributed by atoms with E-state index in [1.54, 1.807) is 24.1 Å². The number of aryl methyl sites for hydroxylation is 1. The lowest BCUT2D eigenvalue weighted by Gasteiger charge is -2.41. The van der Waals surface area contributed by atoms with Gasteiger partial charge in [-0.2, -0.15) is 0 Å². The molecule has 0 unspecified atom stereocenters. The zero-order valence-corrected chi connectivity index (χ0v) is 18.1. The van der Waals surface area contributed by atoms with E-state index in [4.69, 9.17) is 4.74 Å². The van der Waals surface area contributed by atoms with E-state index in [0.717, 1.165) is 16.7 Å². The lowest BCUT2D eigenvalue weighted by atomic mass is 10.1. The lowest BCUT2D eigenvalue weighted by molar-refractivity contribution is -0.131. The summed E-state index contributed by atoms with van der Waals surface area (Å²) in [6, 6.07) is 7.77. The number of halogens is 2. The number of methoxy groups -OCH3 is 1. The maximum Gasteiger partial charge on any atom is 0.326 e. The number of aromatic amines is 1. The second kappa shape index (κ2) is 8.52. The molecule has 1 saturated heterocycles. The maximum atomic E-state index is 14.1. The molecule has 2 aromatic carbocycles. The number of ether oxygens (including phenoxy) is 1. The number of fused-ring (bicyclic) bond motifs is 1. The molecule has 0 aliphatic carbocycles. The summed E-state index contributed by atoms with van der Waals surface area (Å²) in [4.78, 5) is 30.9. The van der Waals surface area contributed by atoms with Gasteiger partial charge in [0, 0.05) is 56.2 Å². The summed E-state index contributed by atoms with van der Waals surface area (Å²) < 4.78 is 34.4. The van der Waals surface area contributed by atoms with Crippen molar-refractivity contribution in [2.45, 2.75) is 13.0 Å². The van der Waals surface area contributed by atoms with Crippen LogP contribution in [0.4, 0.5) is 20.2 Å². The summed E-state index contributed by atoms with van der Waals surface area (Å²) in [5, 5.41) is 3.11. The molecule has 1 amide bonds. The molecule has 3 aromatic rings. The summed E-state index contributed by atoms with van der Waals surface area (Å²) in [5.41, 5.74) is 2.43. The molecule has 2 heterocycles. The molecule has 10 heteroatoms. The molecule has 0 radical (unpaired) electrons. The van der Waals surface area contributed by atoms with Gasteiger partial charge in [-0.05, 0) is 25.1 Å². The number of amides is 1. The molecular weight excluding hydrogens is 420 g/mol. The van der Waals surface area contributed by atoms with E-state index in [9.17, 15) is 18.4 Å². The highest BCUT2D eigenvalue weighted by Gasteiger charge is 2.28. The minimum absolute atomic E-state index is 0.0766. The fraction of sp³-hybridized carbons (Fsp3) is 0.364. The van der Waals surface area contributed by atoms with E-state index in [0.29, 0.717) is 25.3 Å². The largest absolute Gasteiger partial charge is 0.491 e. The number of nitrogens with one attached hydrogen (secondary N) is 2. The molecule has 1 aromatic heterocycles. The second-order valence-electron chi connectivity index (χ2n) is 7.90. The number of benzene rings is 2. The summed E-state index contributed by atoms with van der Waals surface area (Å²) in [6.45, 7) is 3.34. The summed E-state index contributed by atoms with van der Waals surface area (Å²) >= 11 is 0. The van der Waals surface area contributed by atoms with Crippen molar-refractivity contribution in [3.05, 3.63) is 52.5 Å². The van der Waals surface area contributed by atoms with Crippen LogP contribution in [0.1, 0.15) is 6.92 Å². The third kappa shape index (κ3) is 4.00. The van der Waals surface area contributed by atoms with Crippen LogP contribution in [0.2, 0.25) is 0 Å². The van der Waals surface area contributed by atoms with Crippen molar-refractivity contribution in [3.63, 3.8) is 0 Å². The number of aromatic nitrogens is 2. The minimum Gasteiger partial charge on any atom is -0.491 e. The van der Waals surface area contributed by atoms with Crippen molar-refractivity contribution in [2.75, 3.05) is 43.5 Å². The molecular formula is C22H25F2N5O3. The number of rotatable bonds is 5. The average molecular weight is 445 g/mol. The van der Waals surface area contributed by atoms with Crippen LogP contribution in [0, 0.1) is 11.6 Å². The van der Waals surface area contributed by atoms with Gasteiger partial charge in [0.1, 0.15) is 0 Å². The van der Waals surface area contributed by atoms with Crippen LogP contribution in [-0.2, 0) is 11.8 Å². The quantitative estimate of drug-likeness (QED) is 0.630. The Morgan fingerprint density at radius 1 is 1.22 bits per heavy atom. The molecule has 4 rings (SSSR count). The first-order valence-electron chi connectivity index (χ1n) is 10.3. The average Bonchev–Trinajstić information content (AvgIpc) is 3.05. The van der Waals surface area contributed by atoms with E-state index in [-0.39, 0.29) is 24.2 Å². The minimum atomic E-state index is -0.755. The third-order valence-electron chi connectivity index (χ3n) is 5.85. The SMILES string of the molecule is COc1c(F)cc(N2CCN(C(=O)CNc3ccc4[nH]c(=O)n(C)c4c3)[C@H](C)C2)cc1F. The highest BCUT2D eigenvalue weighted by atomic mass is 19.1. The molecule has 0 bridgehead atoms. The van der Waals surface area contributed by atoms with Gasteiger partial charge in [0.2, 0.25) is 5.91 Å². The first-order chi connectivity index (χ1) is 15.3. The van der Waals surface area contributed by atoms with Crippen LogP contribution in [0.5, 0.6) is 5.75 Å². The normalized spacial score (nSPS) is 16.5. The van der Waals surface area contributed by atoms with Crippen molar-refractivity contribution >= 4 is 28.3 Å². The van der Waals surface area contributed by atoms with Crippen molar-refractivity contribution in [2.24, 2.45) is 7.05 Å². The Morgan fingerprint density at radius 2 is 1.94 bits per heavy atom. The number of nitrogens with zero attached hydrogens (tertiary/aromatic N) is 3. The number of imidazole rings is 1. The smallest absolute Gasteiger partial charge is 0.326 e. The van der Waals surface area contributed by atoms with Gasteiger partial charge in [0.25, 0.3) is 0 Å². The van der Waals surface area contributed by atoms with Crippen molar-refractivity contribution < 1.29 is 18.3 Å². The summed E-state index contributed by atoms with van der Waals surface area (Å²) in [5.74, 6) is -1.99. The summed E-state index contributed by atoms with van der Waals surface area (Å²) in [7, 11) is 2.90. The van der Waals surface area contributed by atoms with Crippen molar-refractivity contribution in [3.8, 4) is 5.75 Å². The Kier molecular flexibility index (Phi) is 5.77. The molecule has 1 aliphatic heterocycles. The molecule has 2 N–H and O–H groups in total. The van der Waals surface area contributed by atoms with Crippen LogP contribution < -0.4 is 20.6 Å². The van der Waals surface area contributed by atoms with Gasteiger partial charge in [-0.15, -0.1) is 0 Å². The molecule has 170 valence electrons. The monoisotopic (exact) mass is 445 g/mol. The Hall–Kier alpha value is -3.56. The van der Waals surface area contributed by atoms with Gasteiger partial charge in [0.15, 0.2) is 17.4 Å². The first-order valence-corrected chi connectivity index (χ1v) is 10.3. The summed E-state index contributed by atoms with van der Waals surface area (Å²) in [6.07, 6.45) is 0. The van der Waals surface area contributed by atoms with E-state index in [1.165, 1.54) is 23.8 Å². The van der Waals surface area contributed by atoms with Gasteiger partial charge in [-0.25, -0.2) is 13.6 Å². The van der Waals surface area contributed by atoms with Gasteiger partial charge in [0.05, 0.1) is 24.7 Å². The van der Waals surface area contributed by atoms with E-state index >= 15 is 0 Å². The number of piperazine rings is 1. The number of anilines is 2. The van der Waals surface area contributed by atoms with Crippen LogP contribution in [-0.4, -0.2) is 59.7 Å². The fourth-order valence-corrected chi connectivity index (χ4v) is 4.10. The molecule has 1 fully saturated rings. The molecule has 8 nitrogen and oxygen atoms in total. The molecule has 0 saturated carbocycles. The Morgan fingerprint density at radius 3 is 2.59 bits per heavy atom. The van der Waals surface area contributed by atoms with Crippen LogP contribution in [0.15, 0.2) is 35.1 Å². The maximum absolute atomic E-state index is 14.1. The molecule has 32 heavy (non-hydrogen) atoms. The lowest BCUT2D eigenvalue weighted by Crippen LogP contribution is -2.55. The number of H-pyrrole nitrogens is 1. The second-order valence-corrected chi connectivity index (χ2v) is 7.90. The van der Waals surface area contributed by atoms with E-state index < -0.39 is 17.4 Å². The van der Waals surface area contributed by atoms with E-state index in [1.807, 2.05) is 17.9 Å². The number of carbonyl (C=O) groups is 1. The highest BCUT2D eigenvalue weighted by molar-refractivity contribution is 5.84. The Bertz CT molecular complexity index is 1200. The number of hydrogen-bond acceptors (Lipinski definition) is 5. The van der Waals surface area contributed by atoms with Crippen molar-refractivity contribution in [1.29, 1.82) is 0 Å². The van der Waals surface area contributed by atoms with Gasteiger partial charge >= 0.3 is 5.69 Å². The van der Waals surface area contributed by atoms with Crippen LogP contribution >= 0.6 is 0 Å². The van der Waals surface area contributed by atoms with Gasteiger partial charge in [-0.3, -0.25) is 9.36 Å². The molecule has 1 aliphatic rings. The number of carbonyl (C=O) groups excluding carboxylic acids is 1. The standard InChI is InChI=1S/C22H25F2N5O3/c1-13-12-28(15-9-16(23)21(32-3)17(24)10-15)6-7-29(13)20(30)11-25-14-4-5-18-19(8-14)27(2)22(31)26-18/h4-5,8-10,13,25H,6-7,11-12H2,1-3H3,(H,26,31)/t13-/m1/s1. The van der Waals surface area contributed by atoms with Crippen molar-refractivity contribution in [1.82, 2.24) is 14.5 Å². The molecule has 0 spiro atoms. The zero-order valence-electron chi connectivity index (χ0n) is 18.1. The predicted molar refractivity (Wildman–Crippen MR) is 118 cm³/mol. The third-order valence-corrected chi connectivity index (χ3v) is 5.85. The van der Waals surface area contributed by atoms with Gasteiger partial charge < -0.3 is 24.8 Å². The predicted octanol–water partition coefficient (Wildman–Crippen LogP) is 2.30. The van der Waals surface area contributed by atoms with E-state index in [2.05, 4.69) is 10.3 Å².